The van der Waals surface area contributed by atoms with Crippen LogP contribution in [0.15, 0.2) is 90.7 Å². The second-order valence-electron chi connectivity index (χ2n) is 12.0. The highest BCUT2D eigenvalue weighted by Gasteiger charge is 2.44. The molecule has 218 valence electrons. The van der Waals surface area contributed by atoms with Crippen molar-refractivity contribution in [3.05, 3.63) is 113 Å². The number of para-hydroxylation sites is 1. The largest absolute Gasteiger partial charge is 0.508 e. The topological polar surface area (TPSA) is 55.6 Å². The van der Waals surface area contributed by atoms with E-state index in [4.69, 9.17) is 23.2 Å². The van der Waals surface area contributed by atoms with Gasteiger partial charge in [-0.3, -0.25) is 4.79 Å². The molecule has 0 bridgehead atoms. The van der Waals surface area contributed by atoms with Gasteiger partial charge in [0.25, 0.3) is 0 Å². The number of phenols is 1. The van der Waals surface area contributed by atoms with Gasteiger partial charge in [-0.2, -0.15) is 4.58 Å². The fourth-order valence-corrected chi connectivity index (χ4v) is 6.69. The van der Waals surface area contributed by atoms with Crippen molar-refractivity contribution in [2.24, 2.45) is 0 Å². The molecule has 42 heavy (non-hydrogen) atoms. The van der Waals surface area contributed by atoms with E-state index in [-0.39, 0.29) is 22.5 Å². The van der Waals surface area contributed by atoms with Crippen LogP contribution in [0.1, 0.15) is 56.4 Å². The van der Waals surface area contributed by atoms with Crippen LogP contribution >= 0.6 is 23.2 Å². The number of hydrogen-bond acceptors (Lipinski definition) is 3. The maximum atomic E-state index is 12.5. The lowest BCUT2D eigenvalue weighted by Crippen LogP contribution is -2.27. The van der Waals surface area contributed by atoms with Crippen molar-refractivity contribution >= 4 is 46.2 Å². The highest BCUT2D eigenvalue weighted by molar-refractivity contribution is 6.19. The number of aromatic hydroxyl groups is 1. The molecule has 5 nitrogen and oxygen atoms in total. The number of fused-ring (bicyclic) bond motifs is 2. The summed E-state index contributed by atoms with van der Waals surface area (Å²) >= 11 is 12.9. The Morgan fingerprint density at radius 2 is 1.67 bits per heavy atom. The number of nitrogens with one attached hydrogen (secondary N) is 1. The third-order valence-corrected chi connectivity index (χ3v) is 9.05. The molecule has 3 aromatic rings. The van der Waals surface area contributed by atoms with Gasteiger partial charge >= 0.3 is 0 Å². The predicted octanol–water partition coefficient (Wildman–Crippen LogP) is 7.65. The summed E-state index contributed by atoms with van der Waals surface area (Å²) in [5, 5.41) is 12.5. The first-order chi connectivity index (χ1) is 20.1. The summed E-state index contributed by atoms with van der Waals surface area (Å²) in [5.41, 5.74) is 8.59. The smallest absolute Gasteiger partial charge is 0.223 e. The van der Waals surface area contributed by atoms with E-state index in [0.29, 0.717) is 31.4 Å². The highest BCUT2D eigenvalue weighted by Crippen LogP contribution is 2.48. The molecule has 5 rings (SSSR count). The van der Waals surface area contributed by atoms with Gasteiger partial charge < -0.3 is 15.3 Å². The van der Waals surface area contributed by atoms with Crippen molar-refractivity contribution in [3.63, 3.8) is 0 Å². The van der Waals surface area contributed by atoms with E-state index in [9.17, 15) is 9.90 Å². The van der Waals surface area contributed by atoms with E-state index >= 15 is 0 Å². The van der Waals surface area contributed by atoms with E-state index in [1.54, 1.807) is 12.1 Å². The Kier molecular flexibility index (Phi) is 8.54. The van der Waals surface area contributed by atoms with Crippen molar-refractivity contribution in [2.45, 2.75) is 57.9 Å². The lowest BCUT2D eigenvalue weighted by Gasteiger charge is -2.25. The van der Waals surface area contributed by atoms with Crippen molar-refractivity contribution in [1.29, 1.82) is 0 Å². The SMILES string of the molecule is CC1(C)C(=CC=CC2=[N+](CCl)c3ccccc3C2(C)C)N(CCl)c2ccc(CNC(=O)CCc3ccc(O)cc3)cc21. The number of nitrogens with zero attached hydrogens (tertiary/aromatic N) is 2. The summed E-state index contributed by atoms with van der Waals surface area (Å²) in [6, 6.07) is 22.5. The van der Waals surface area contributed by atoms with Gasteiger partial charge in [-0.1, -0.05) is 74.0 Å². The predicted molar refractivity (Wildman–Crippen MR) is 173 cm³/mol. The normalized spacial score (nSPS) is 17.7. The molecule has 0 unspecified atom stereocenters. The highest BCUT2D eigenvalue weighted by atomic mass is 35.5. The summed E-state index contributed by atoms with van der Waals surface area (Å²) in [5.74, 6) is 0.224. The van der Waals surface area contributed by atoms with E-state index in [0.717, 1.165) is 33.9 Å². The van der Waals surface area contributed by atoms with Crippen LogP contribution in [0.2, 0.25) is 0 Å². The molecule has 0 saturated carbocycles. The Morgan fingerprint density at radius 1 is 0.952 bits per heavy atom. The van der Waals surface area contributed by atoms with Crippen molar-refractivity contribution < 1.29 is 14.5 Å². The maximum absolute atomic E-state index is 12.5. The summed E-state index contributed by atoms with van der Waals surface area (Å²) in [6.45, 7) is 9.36. The van der Waals surface area contributed by atoms with Crippen LogP contribution in [0, 0.1) is 0 Å². The van der Waals surface area contributed by atoms with Gasteiger partial charge in [-0.15, -0.1) is 11.6 Å². The summed E-state index contributed by atoms with van der Waals surface area (Å²) < 4.78 is 2.17. The van der Waals surface area contributed by atoms with Gasteiger partial charge in [0.15, 0.2) is 5.71 Å². The first kappa shape index (κ1) is 29.9. The van der Waals surface area contributed by atoms with Crippen molar-refractivity contribution in [3.8, 4) is 5.75 Å². The van der Waals surface area contributed by atoms with Crippen LogP contribution in [0.3, 0.4) is 0 Å². The number of carbonyl (C=O) groups excluding carboxylic acids is 1. The standard InChI is InChI=1S/C35H37Cl2N3O2/c1-34(2)27-8-5-6-9-29(27)39(22-36)31(34)10-7-11-32-35(3,4)28-20-25(14-18-30(28)40(32)23-37)21-38-33(42)19-15-24-12-16-26(41)17-13-24/h5-14,16-18,20H,15,19,21-23H2,1-4H3,(H-,38,41,42)/p+1. The molecule has 1 amide bonds. The number of rotatable bonds is 9. The molecule has 0 aromatic heterocycles. The first-order valence-electron chi connectivity index (χ1n) is 14.3. The lowest BCUT2D eigenvalue weighted by atomic mass is 9.81. The zero-order chi connectivity index (χ0) is 30.1. The number of carbonyl (C=O) groups is 1. The summed E-state index contributed by atoms with van der Waals surface area (Å²) in [7, 11) is 0. The number of phenolic OH excluding ortho intramolecular Hbond substituents is 1. The molecular formula is C35H38Cl2N3O2+. The molecule has 0 spiro atoms. The molecule has 0 saturated heterocycles. The molecule has 2 heterocycles. The Balaban J connectivity index is 1.32. The minimum absolute atomic E-state index is 0.00332. The van der Waals surface area contributed by atoms with Gasteiger partial charge in [0.1, 0.15) is 5.75 Å². The molecule has 0 fully saturated rings. The number of hydrogen-bond donors (Lipinski definition) is 2. The zero-order valence-corrected chi connectivity index (χ0v) is 26.1. The lowest BCUT2D eigenvalue weighted by molar-refractivity contribution is -0.415. The molecule has 2 aliphatic heterocycles. The van der Waals surface area contributed by atoms with Gasteiger partial charge in [-0.05, 0) is 61.2 Å². The third kappa shape index (κ3) is 5.60. The molecule has 0 atom stereocenters. The van der Waals surface area contributed by atoms with E-state index in [2.05, 4.69) is 103 Å². The summed E-state index contributed by atoms with van der Waals surface area (Å²) in [4.78, 5) is 14.7. The number of amides is 1. The molecular weight excluding hydrogens is 565 g/mol. The fourth-order valence-electron chi connectivity index (χ4n) is 6.17. The summed E-state index contributed by atoms with van der Waals surface area (Å²) in [6.07, 6.45) is 7.45. The van der Waals surface area contributed by atoms with E-state index < -0.39 is 0 Å². The minimum atomic E-state index is -0.279. The Labute approximate surface area is 258 Å². The van der Waals surface area contributed by atoms with Crippen LogP contribution in [0.4, 0.5) is 11.4 Å². The average molecular weight is 604 g/mol. The number of halogens is 2. The van der Waals surface area contributed by atoms with Gasteiger partial charge in [0, 0.05) is 47.5 Å². The number of anilines is 1. The van der Waals surface area contributed by atoms with Crippen molar-refractivity contribution in [2.75, 3.05) is 16.9 Å². The average Bonchev–Trinajstić information content (AvgIpc) is 3.33. The second kappa shape index (κ2) is 12.0. The Hall–Kier alpha value is -3.54. The molecule has 7 heteroatoms. The number of benzene rings is 3. The third-order valence-electron chi connectivity index (χ3n) is 8.57. The van der Waals surface area contributed by atoms with Crippen LogP contribution in [0.5, 0.6) is 5.75 Å². The van der Waals surface area contributed by atoms with Crippen LogP contribution in [-0.4, -0.2) is 33.3 Å². The van der Waals surface area contributed by atoms with Crippen LogP contribution in [0.25, 0.3) is 0 Å². The molecule has 2 aliphatic rings. The quantitative estimate of drug-likeness (QED) is 0.150. The minimum Gasteiger partial charge on any atom is -0.508 e. The second-order valence-corrected chi connectivity index (χ2v) is 12.4. The molecule has 0 radical (unpaired) electrons. The fraction of sp³-hybridized carbons (Fsp3) is 0.314. The van der Waals surface area contributed by atoms with E-state index in [1.165, 1.54) is 11.1 Å². The first-order valence-corrected chi connectivity index (χ1v) is 15.4. The number of allylic oxidation sites excluding steroid dienone is 4. The molecule has 2 N–H and O–H groups in total. The van der Waals surface area contributed by atoms with Crippen LogP contribution < -0.4 is 10.2 Å². The monoisotopic (exact) mass is 602 g/mol. The van der Waals surface area contributed by atoms with Crippen LogP contribution in [-0.2, 0) is 28.6 Å². The Morgan fingerprint density at radius 3 is 2.38 bits per heavy atom. The van der Waals surface area contributed by atoms with E-state index in [1.807, 2.05) is 12.1 Å². The van der Waals surface area contributed by atoms with Gasteiger partial charge in [-0.25, -0.2) is 0 Å². The molecule has 0 aliphatic carbocycles. The number of aryl methyl sites for hydroxylation is 1. The van der Waals surface area contributed by atoms with Gasteiger partial charge in [0.05, 0.1) is 11.4 Å². The van der Waals surface area contributed by atoms with Gasteiger partial charge in [0.2, 0.25) is 17.6 Å². The van der Waals surface area contributed by atoms with Crippen molar-refractivity contribution in [1.82, 2.24) is 5.32 Å². The Bertz CT molecular complexity index is 1590. The molecule has 3 aromatic carbocycles. The number of alkyl halides is 2. The zero-order valence-electron chi connectivity index (χ0n) is 24.6. The maximum Gasteiger partial charge on any atom is 0.223 e.